The van der Waals surface area contributed by atoms with Crippen molar-refractivity contribution in [2.75, 3.05) is 5.75 Å². The summed E-state index contributed by atoms with van der Waals surface area (Å²) in [6, 6.07) is 8.08. The summed E-state index contributed by atoms with van der Waals surface area (Å²) in [6.07, 6.45) is 4.49. The summed E-state index contributed by atoms with van der Waals surface area (Å²) in [5.74, 6) is 1.86. The Morgan fingerprint density at radius 3 is 2.39 bits per heavy atom. The molecular weight excluding hydrogens is 240 g/mol. The van der Waals surface area contributed by atoms with Crippen LogP contribution in [-0.4, -0.2) is 11.5 Å². The zero-order valence-electron chi connectivity index (χ0n) is 11.7. The summed E-state index contributed by atoms with van der Waals surface area (Å²) < 4.78 is 0. The van der Waals surface area contributed by atoms with Crippen LogP contribution in [0.5, 0.6) is 0 Å². The molecule has 18 heavy (non-hydrogen) atoms. The van der Waals surface area contributed by atoms with E-state index in [1.807, 2.05) is 23.9 Å². The van der Waals surface area contributed by atoms with Gasteiger partial charge in [0, 0.05) is 16.9 Å². The molecule has 1 rings (SSSR count). The van der Waals surface area contributed by atoms with Gasteiger partial charge in [-0.15, -0.1) is 11.8 Å². The lowest BCUT2D eigenvalue weighted by atomic mass is 10.0. The molecule has 0 aliphatic heterocycles. The van der Waals surface area contributed by atoms with Gasteiger partial charge in [0.1, 0.15) is 0 Å². The van der Waals surface area contributed by atoms with E-state index in [-0.39, 0.29) is 5.78 Å². The van der Waals surface area contributed by atoms with Gasteiger partial charge < -0.3 is 0 Å². The number of thioether (sulfide) groups is 1. The standard InChI is InChI=1S/C16H24OS/c1-4-5-6-11-18-15-9-7-14(8-10-15)16(17)12-13(2)3/h7-10,13H,4-6,11-12H2,1-3H3. The first-order chi connectivity index (χ1) is 8.63. The number of hydrogen-bond acceptors (Lipinski definition) is 2. The quantitative estimate of drug-likeness (QED) is 0.365. The maximum Gasteiger partial charge on any atom is 0.163 e. The van der Waals surface area contributed by atoms with Gasteiger partial charge in [0.05, 0.1) is 0 Å². The second kappa shape index (κ2) is 8.36. The second-order valence-corrected chi connectivity index (χ2v) is 6.27. The van der Waals surface area contributed by atoms with Crippen molar-refractivity contribution in [3.8, 4) is 0 Å². The smallest absolute Gasteiger partial charge is 0.163 e. The Bertz CT molecular complexity index is 354. The Kier molecular flexibility index (Phi) is 7.11. The second-order valence-electron chi connectivity index (χ2n) is 5.10. The highest BCUT2D eigenvalue weighted by Gasteiger charge is 2.07. The Balaban J connectivity index is 2.44. The molecule has 1 aromatic rings. The summed E-state index contributed by atoms with van der Waals surface area (Å²) in [6.45, 7) is 6.38. The fourth-order valence-corrected chi connectivity index (χ4v) is 2.68. The van der Waals surface area contributed by atoms with Crippen molar-refractivity contribution in [2.45, 2.75) is 51.3 Å². The van der Waals surface area contributed by atoms with Crippen LogP contribution in [0.4, 0.5) is 0 Å². The molecule has 0 amide bonds. The Labute approximate surface area is 115 Å². The predicted octanol–water partition coefficient (Wildman–Crippen LogP) is 5.20. The van der Waals surface area contributed by atoms with Gasteiger partial charge in [0.2, 0.25) is 0 Å². The van der Waals surface area contributed by atoms with Crippen molar-refractivity contribution < 1.29 is 4.79 Å². The van der Waals surface area contributed by atoms with E-state index in [2.05, 4.69) is 32.9 Å². The van der Waals surface area contributed by atoms with Crippen molar-refractivity contribution >= 4 is 17.5 Å². The highest BCUT2D eigenvalue weighted by Crippen LogP contribution is 2.21. The number of carbonyl (C=O) groups is 1. The van der Waals surface area contributed by atoms with E-state index in [4.69, 9.17) is 0 Å². The third-order valence-corrected chi connectivity index (χ3v) is 3.88. The molecule has 0 bridgehead atoms. The number of Topliss-reactive ketones (excluding diaryl/α,β-unsaturated/α-hetero) is 1. The fraction of sp³-hybridized carbons (Fsp3) is 0.562. The lowest BCUT2D eigenvalue weighted by Gasteiger charge is -2.05. The molecule has 0 saturated carbocycles. The van der Waals surface area contributed by atoms with Gasteiger partial charge in [-0.05, 0) is 30.2 Å². The van der Waals surface area contributed by atoms with Crippen LogP contribution in [0.3, 0.4) is 0 Å². The number of unbranched alkanes of at least 4 members (excludes halogenated alkanes) is 2. The van der Waals surface area contributed by atoms with Gasteiger partial charge in [-0.2, -0.15) is 0 Å². The van der Waals surface area contributed by atoms with Crippen molar-refractivity contribution in [3.05, 3.63) is 29.8 Å². The molecule has 0 aliphatic rings. The molecule has 2 heteroatoms. The monoisotopic (exact) mass is 264 g/mol. The minimum Gasteiger partial charge on any atom is -0.294 e. The van der Waals surface area contributed by atoms with Crippen LogP contribution in [0, 0.1) is 5.92 Å². The third kappa shape index (κ3) is 5.72. The van der Waals surface area contributed by atoms with Crippen LogP contribution in [-0.2, 0) is 0 Å². The molecule has 0 N–H and O–H groups in total. The van der Waals surface area contributed by atoms with Crippen molar-refractivity contribution in [1.29, 1.82) is 0 Å². The van der Waals surface area contributed by atoms with Crippen LogP contribution in [0.25, 0.3) is 0 Å². The van der Waals surface area contributed by atoms with Crippen LogP contribution in [0.1, 0.15) is 56.8 Å². The Morgan fingerprint density at radius 2 is 1.83 bits per heavy atom. The minimum absolute atomic E-state index is 0.257. The molecule has 100 valence electrons. The molecule has 0 aromatic heterocycles. The van der Waals surface area contributed by atoms with Crippen LogP contribution in [0.2, 0.25) is 0 Å². The van der Waals surface area contributed by atoms with Gasteiger partial charge in [0.15, 0.2) is 5.78 Å². The number of rotatable bonds is 8. The van der Waals surface area contributed by atoms with Gasteiger partial charge >= 0.3 is 0 Å². The predicted molar refractivity (Wildman–Crippen MR) is 80.5 cm³/mol. The molecule has 0 heterocycles. The Morgan fingerprint density at radius 1 is 1.17 bits per heavy atom. The SMILES string of the molecule is CCCCCSc1ccc(C(=O)CC(C)C)cc1. The molecule has 1 nitrogen and oxygen atoms in total. The summed E-state index contributed by atoms with van der Waals surface area (Å²) >= 11 is 1.88. The molecule has 0 atom stereocenters. The number of ketones is 1. The number of carbonyl (C=O) groups excluding carboxylic acids is 1. The van der Waals surface area contributed by atoms with E-state index in [1.165, 1.54) is 29.9 Å². The molecule has 0 spiro atoms. The highest BCUT2D eigenvalue weighted by molar-refractivity contribution is 7.99. The summed E-state index contributed by atoms with van der Waals surface area (Å²) in [5.41, 5.74) is 0.849. The van der Waals surface area contributed by atoms with Crippen molar-refractivity contribution in [1.82, 2.24) is 0 Å². The van der Waals surface area contributed by atoms with Crippen LogP contribution >= 0.6 is 11.8 Å². The lowest BCUT2D eigenvalue weighted by molar-refractivity contribution is 0.0968. The average molecular weight is 264 g/mol. The van der Waals surface area contributed by atoms with E-state index in [1.54, 1.807) is 0 Å². The first-order valence-electron chi connectivity index (χ1n) is 6.89. The van der Waals surface area contributed by atoms with E-state index in [9.17, 15) is 4.79 Å². The summed E-state index contributed by atoms with van der Waals surface area (Å²) in [5, 5.41) is 0. The maximum atomic E-state index is 11.9. The van der Waals surface area contributed by atoms with Crippen molar-refractivity contribution in [2.24, 2.45) is 5.92 Å². The summed E-state index contributed by atoms with van der Waals surface area (Å²) in [7, 11) is 0. The Hall–Kier alpha value is -0.760. The van der Waals surface area contributed by atoms with Gasteiger partial charge in [-0.25, -0.2) is 0 Å². The number of hydrogen-bond donors (Lipinski definition) is 0. The van der Waals surface area contributed by atoms with E-state index in [0.717, 1.165) is 5.56 Å². The van der Waals surface area contributed by atoms with E-state index < -0.39 is 0 Å². The number of benzene rings is 1. The van der Waals surface area contributed by atoms with Gasteiger partial charge in [0.25, 0.3) is 0 Å². The zero-order chi connectivity index (χ0) is 13.4. The first kappa shape index (κ1) is 15.3. The molecule has 0 aliphatic carbocycles. The molecule has 0 radical (unpaired) electrons. The van der Waals surface area contributed by atoms with Crippen LogP contribution in [0.15, 0.2) is 29.2 Å². The highest BCUT2D eigenvalue weighted by atomic mass is 32.2. The van der Waals surface area contributed by atoms with Gasteiger partial charge in [-0.3, -0.25) is 4.79 Å². The lowest BCUT2D eigenvalue weighted by Crippen LogP contribution is -2.03. The minimum atomic E-state index is 0.257. The largest absolute Gasteiger partial charge is 0.294 e. The topological polar surface area (TPSA) is 17.1 Å². The third-order valence-electron chi connectivity index (χ3n) is 2.79. The maximum absolute atomic E-state index is 11.9. The van der Waals surface area contributed by atoms with E-state index in [0.29, 0.717) is 12.3 Å². The molecular formula is C16H24OS. The molecule has 0 saturated heterocycles. The van der Waals surface area contributed by atoms with E-state index >= 15 is 0 Å². The van der Waals surface area contributed by atoms with Gasteiger partial charge in [-0.1, -0.05) is 45.7 Å². The molecule has 1 aromatic carbocycles. The normalized spacial score (nSPS) is 10.9. The zero-order valence-corrected chi connectivity index (χ0v) is 12.6. The fourth-order valence-electron chi connectivity index (χ4n) is 1.77. The first-order valence-corrected chi connectivity index (χ1v) is 7.88. The molecule has 0 unspecified atom stereocenters. The summed E-state index contributed by atoms with van der Waals surface area (Å²) in [4.78, 5) is 13.1. The van der Waals surface area contributed by atoms with Crippen LogP contribution < -0.4 is 0 Å². The average Bonchev–Trinajstić information content (AvgIpc) is 2.34. The molecule has 0 fully saturated rings. The van der Waals surface area contributed by atoms with Crippen molar-refractivity contribution in [3.63, 3.8) is 0 Å².